The summed E-state index contributed by atoms with van der Waals surface area (Å²) < 4.78 is 0. The van der Waals surface area contributed by atoms with Gasteiger partial charge in [-0.2, -0.15) is 0 Å². The van der Waals surface area contributed by atoms with E-state index in [4.69, 9.17) is 0 Å². The molecule has 1 N–H and O–H groups in total. The van der Waals surface area contributed by atoms with Gasteiger partial charge in [-0.25, -0.2) is 0 Å². The highest BCUT2D eigenvalue weighted by Gasteiger charge is 2.49. The lowest BCUT2D eigenvalue weighted by molar-refractivity contribution is -0.155. The molecule has 1 aliphatic carbocycles. The van der Waals surface area contributed by atoms with Crippen molar-refractivity contribution in [1.29, 1.82) is 0 Å². The van der Waals surface area contributed by atoms with Crippen molar-refractivity contribution in [2.75, 3.05) is 19.6 Å². The summed E-state index contributed by atoms with van der Waals surface area (Å²) in [7, 11) is 0. The van der Waals surface area contributed by atoms with Crippen LogP contribution in [0.25, 0.3) is 0 Å². The molecule has 2 aliphatic rings. The first kappa shape index (κ1) is 11.9. The molecule has 2 rings (SSSR count). The number of carboxylic acid groups (broad SMARTS) is 1. The van der Waals surface area contributed by atoms with Crippen LogP contribution in [-0.2, 0) is 4.79 Å². The molecule has 0 amide bonds. The molecule has 1 aliphatic heterocycles. The van der Waals surface area contributed by atoms with Crippen LogP contribution in [0, 0.1) is 10.8 Å². The van der Waals surface area contributed by atoms with Gasteiger partial charge in [0.05, 0.1) is 5.41 Å². The summed E-state index contributed by atoms with van der Waals surface area (Å²) in [4.78, 5) is 13.7. The van der Waals surface area contributed by atoms with Gasteiger partial charge in [-0.05, 0) is 31.1 Å². The minimum Gasteiger partial charge on any atom is -0.481 e. The van der Waals surface area contributed by atoms with Crippen LogP contribution in [0.3, 0.4) is 0 Å². The first-order valence-electron chi connectivity index (χ1n) is 6.52. The number of aliphatic carboxylic acids is 1. The standard InChI is InChI=1S/C13H23NO2/c1-3-13(4-2,11(15)16)10-14-8-12(9-14)6-5-7-12/h3-10H2,1-2H3,(H,15,16). The smallest absolute Gasteiger partial charge is 0.310 e. The zero-order chi connectivity index (χ0) is 11.8. The van der Waals surface area contributed by atoms with Crippen molar-refractivity contribution in [3.63, 3.8) is 0 Å². The van der Waals surface area contributed by atoms with Crippen LogP contribution in [0.1, 0.15) is 46.0 Å². The molecule has 0 radical (unpaired) electrons. The Morgan fingerprint density at radius 1 is 1.31 bits per heavy atom. The van der Waals surface area contributed by atoms with Gasteiger partial charge in [0.2, 0.25) is 0 Å². The predicted octanol–water partition coefficient (Wildman–Crippen LogP) is 2.36. The third kappa shape index (κ3) is 1.75. The van der Waals surface area contributed by atoms with Gasteiger partial charge in [0.25, 0.3) is 0 Å². The quantitative estimate of drug-likeness (QED) is 0.781. The lowest BCUT2D eigenvalue weighted by Crippen LogP contribution is -2.62. The maximum absolute atomic E-state index is 11.4. The fourth-order valence-corrected chi connectivity index (χ4v) is 3.28. The maximum Gasteiger partial charge on any atom is 0.310 e. The highest BCUT2D eigenvalue weighted by Crippen LogP contribution is 2.49. The van der Waals surface area contributed by atoms with E-state index in [9.17, 15) is 9.90 Å². The van der Waals surface area contributed by atoms with E-state index in [1.54, 1.807) is 0 Å². The Bertz CT molecular complexity index is 272. The maximum atomic E-state index is 11.4. The second-order valence-electron chi connectivity index (χ2n) is 5.79. The second kappa shape index (κ2) is 4.02. The fourth-order valence-electron chi connectivity index (χ4n) is 3.28. The van der Waals surface area contributed by atoms with Crippen molar-refractivity contribution in [2.45, 2.75) is 46.0 Å². The van der Waals surface area contributed by atoms with Gasteiger partial charge < -0.3 is 10.0 Å². The van der Waals surface area contributed by atoms with Crippen LogP contribution in [0.2, 0.25) is 0 Å². The van der Waals surface area contributed by atoms with Crippen LogP contribution in [0.4, 0.5) is 0 Å². The lowest BCUT2D eigenvalue weighted by Gasteiger charge is -2.57. The largest absolute Gasteiger partial charge is 0.481 e. The van der Waals surface area contributed by atoms with Gasteiger partial charge in [-0.3, -0.25) is 4.79 Å². The average molecular weight is 225 g/mol. The predicted molar refractivity (Wildman–Crippen MR) is 63.4 cm³/mol. The molecule has 0 bridgehead atoms. The van der Waals surface area contributed by atoms with Crippen LogP contribution in [0.15, 0.2) is 0 Å². The first-order valence-corrected chi connectivity index (χ1v) is 6.52. The fraction of sp³-hybridized carbons (Fsp3) is 0.923. The molecule has 3 heteroatoms. The topological polar surface area (TPSA) is 40.5 Å². The molecule has 2 fully saturated rings. The van der Waals surface area contributed by atoms with Crippen LogP contribution < -0.4 is 0 Å². The van der Waals surface area contributed by atoms with Gasteiger partial charge in [0, 0.05) is 19.6 Å². The molecule has 3 nitrogen and oxygen atoms in total. The zero-order valence-electron chi connectivity index (χ0n) is 10.5. The van der Waals surface area contributed by atoms with Crippen LogP contribution in [0.5, 0.6) is 0 Å². The summed E-state index contributed by atoms with van der Waals surface area (Å²) in [6, 6.07) is 0. The number of hydrogen-bond donors (Lipinski definition) is 1. The highest BCUT2D eigenvalue weighted by molar-refractivity contribution is 5.74. The SMILES string of the molecule is CCC(CC)(CN1CC2(CCC2)C1)C(=O)O. The number of hydrogen-bond acceptors (Lipinski definition) is 2. The Morgan fingerprint density at radius 2 is 1.88 bits per heavy atom. The number of carbonyl (C=O) groups is 1. The highest BCUT2D eigenvalue weighted by atomic mass is 16.4. The number of nitrogens with zero attached hydrogens (tertiary/aromatic N) is 1. The molecule has 1 saturated carbocycles. The number of rotatable bonds is 5. The van der Waals surface area contributed by atoms with E-state index in [1.807, 2.05) is 13.8 Å². The number of likely N-dealkylation sites (tertiary alicyclic amines) is 1. The molecule has 1 saturated heterocycles. The van der Waals surface area contributed by atoms with Crippen molar-refractivity contribution in [1.82, 2.24) is 4.90 Å². The molecule has 0 aromatic carbocycles. The summed E-state index contributed by atoms with van der Waals surface area (Å²) in [6.45, 7) is 7.02. The Morgan fingerprint density at radius 3 is 2.19 bits per heavy atom. The van der Waals surface area contributed by atoms with E-state index >= 15 is 0 Å². The minimum atomic E-state index is -0.618. The third-order valence-corrected chi connectivity index (χ3v) is 4.87. The molecule has 0 atom stereocenters. The molecular weight excluding hydrogens is 202 g/mol. The van der Waals surface area contributed by atoms with Crippen molar-refractivity contribution in [3.8, 4) is 0 Å². The molecule has 1 spiro atoms. The molecular formula is C13H23NO2. The zero-order valence-corrected chi connectivity index (χ0v) is 10.5. The van der Waals surface area contributed by atoms with E-state index in [1.165, 1.54) is 19.3 Å². The Balaban J connectivity index is 1.90. The number of carboxylic acids is 1. The van der Waals surface area contributed by atoms with E-state index in [2.05, 4.69) is 4.90 Å². The Labute approximate surface area is 97.8 Å². The summed E-state index contributed by atoms with van der Waals surface area (Å²) in [5.41, 5.74) is 0.0943. The Hall–Kier alpha value is -0.570. The van der Waals surface area contributed by atoms with E-state index in [-0.39, 0.29) is 0 Å². The van der Waals surface area contributed by atoms with Crippen molar-refractivity contribution < 1.29 is 9.90 Å². The summed E-state index contributed by atoms with van der Waals surface area (Å²) >= 11 is 0. The van der Waals surface area contributed by atoms with Crippen molar-refractivity contribution in [3.05, 3.63) is 0 Å². The van der Waals surface area contributed by atoms with Crippen LogP contribution in [-0.4, -0.2) is 35.6 Å². The van der Waals surface area contributed by atoms with Gasteiger partial charge in [0.15, 0.2) is 0 Å². The van der Waals surface area contributed by atoms with E-state index in [0.717, 1.165) is 32.5 Å². The van der Waals surface area contributed by atoms with Gasteiger partial charge in [-0.15, -0.1) is 0 Å². The first-order chi connectivity index (χ1) is 7.56. The molecule has 0 unspecified atom stereocenters. The molecule has 92 valence electrons. The third-order valence-electron chi connectivity index (χ3n) is 4.87. The molecule has 1 heterocycles. The van der Waals surface area contributed by atoms with Gasteiger partial charge in [-0.1, -0.05) is 20.3 Å². The summed E-state index contributed by atoms with van der Waals surface area (Å²) in [5, 5.41) is 9.37. The summed E-state index contributed by atoms with van der Waals surface area (Å²) in [5.74, 6) is -0.618. The Kier molecular flexibility index (Phi) is 2.99. The van der Waals surface area contributed by atoms with Gasteiger partial charge in [0.1, 0.15) is 0 Å². The normalized spacial score (nSPS) is 23.9. The van der Waals surface area contributed by atoms with E-state index in [0.29, 0.717) is 5.41 Å². The molecule has 0 aromatic rings. The van der Waals surface area contributed by atoms with Gasteiger partial charge >= 0.3 is 5.97 Å². The summed E-state index contributed by atoms with van der Waals surface area (Å²) in [6.07, 6.45) is 5.58. The molecule has 16 heavy (non-hydrogen) atoms. The molecule has 0 aromatic heterocycles. The van der Waals surface area contributed by atoms with E-state index < -0.39 is 11.4 Å². The van der Waals surface area contributed by atoms with Crippen molar-refractivity contribution in [2.24, 2.45) is 10.8 Å². The second-order valence-corrected chi connectivity index (χ2v) is 5.79. The average Bonchev–Trinajstić information content (AvgIpc) is 2.14. The lowest BCUT2D eigenvalue weighted by atomic mass is 9.63. The van der Waals surface area contributed by atoms with Crippen LogP contribution >= 0.6 is 0 Å². The van der Waals surface area contributed by atoms with Crippen molar-refractivity contribution >= 4 is 5.97 Å². The monoisotopic (exact) mass is 225 g/mol. The minimum absolute atomic E-state index is 0.509.